The van der Waals surface area contributed by atoms with E-state index in [4.69, 9.17) is 21.3 Å². The SMILES string of the molecule is ClC1=C2C=C(N3CCOCC3)N=C2C(c2ccccc2)NC1. The third-order valence-electron chi connectivity index (χ3n) is 4.28. The number of fused-ring (bicyclic) bond motifs is 1. The zero-order valence-electron chi connectivity index (χ0n) is 12.3. The Labute approximate surface area is 135 Å². The van der Waals surface area contributed by atoms with E-state index in [9.17, 15) is 0 Å². The van der Waals surface area contributed by atoms with Crippen LogP contribution in [-0.2, 0) is 4.74 Å². The van der Waals surface area contributed by atoms with Gasteiger partial charge in [0.1, 0.15) is 5.82 Å². The van der Waals surface area contributed by atoms with Crippen molar-refractivity contribution >= 4 is 17.3 Å². The highest BCUT2D eigenvalue weighted by molar-refractivity contribution is 6.34. The number of rotatable bonds is 2. The Morgan fingerprint density at radius 2 is 1.95 bits per heavy atom. The van der Waals surface area contributed by atoms with Crippen molar-refractivity contribution in [2.24, 2.45) is 4.99 Å². The van der Waals surface area contributed by atoms with Crippen LogP contribution in [0.1, 0.15) is 11.6 Å². The van der Waals surface area contributed by atoms with E-state index in [2.05, 4.69) is 40.6 Å². The molecule has 3 heterocycles. The number of halogens is 1. The third-order valence-corrected chi connectivity index (χ3v) is 4.62. The normalized spacial score (nSPS) is 25.0. The predicted octanol–water partition coefficient (Wildman–Crippen LogP) is 2.45. The lowest BCUT2D eigenvalue weighted by molar-refractivity contribution is 0.0533. The smallest absolute Gasteiger partial charge is 0.129 e. The Morgan fingerprint density at radius 3 is 2.73 bits per heavy atom. The van der Waals surface area contributed by atoms with Crippen LogP contribution in [-0.4, -0.2) is 43.5 Å². The molecule has 1 atom stereocenters. The summed E-state index contributed by atoms with van der Waals surface area (Å²) in [5.41, 5.74) is 3.33. The molecule has 1 fully saturated rings. The zero-order chi connectivity index (χ0) is 14.9. The van der Waals surface area contributed by atoms with Crippen LogP contribution in [0.2, 0.25) is 0 Å². The molecule has 0 bridgehead atoms. The average molecular weight is 316 g/mol. The van der Waals surface area contributed by atoms with E-state index in [-0.39, 0.29) is 6.04 Å². The summed E-state index contributed by atoms with van der Waals surface area (Å²) in [6, 6.07) is 10.5. The van der Waals surface area contributed by atoms with Crippen LogP contribution in [0.4, 0.5) is 0 Å². The van der Waals surface area contributed by atoms with Crippen molar-refractivity contribution in [2.75, 3.05) is 32.8 Å². The fraction of sp³-hybridized carbons (Fsp3) is 0.353. The molecule has 0 amide bonds. The lowest BCUT2D eigenvalue weighted by Gasteiger charge is -2.28. The van der Waals surface area contributed by atoms with E-state index in [1.54, 1.807) is 0 Å². The van der Waals surface area contributed by atoms with E-state index in [0.717, 1.165) is 48.4 Å². The summed E-state index contributed by atoms with van der Waals surface area (Å²) in [4.78, 5) is 7.16. The molecule has 0 spiro atoms. The lowest BCUT2D eigenvalue weighted by atomic mass is 9.94. The second kappa shape index (κ2) is 5.88. The van der Waals surface area contributed by atoms with Gasteiger partial charge in [-0.2, -0.15) is 0 Å². The Morgan fingerprint density at radius 1 is 1.18 bits per heavy atom. The van der Waals surface area contributed by atoms with E-state index < -0.39 is 0 Å². The molecule has 0 aliphatic carbocycles. The maximum Gasteiger partial charge on any atom is 0.129 e. The second-order valence-corrected chi connectivity index (χ2v) is 6.10. The fourth-order valence-electron chi connectivity index (χ4n) is 3.12. The summed E-state index contributed by atoms with van der Waals surface area (Å²) in [6.45, 7) is 3.97. The van der Waals surface area contributed by atoms with Gasteiger partial charge in [-0.1, -0.05) is 41.9 Å². The van der Waals surface area contributed by atoms with Crippen LogP contribution >= 0.6 is 11.6 Å². The second-order valence-electron chi connectivity index (χ2n) is 5.64. The van der Waals surface area contributed by atoms with Crippen molar-refractivity contribution in [2.45, 2.75) is 6.04 Å². The maximum absolute atomic E-state index is 6.42. The molecule has 1 unspecified atom stereocenters. The van der Waals surface area contributed by atoms with Gasteiger partial charge in [0.2, 0.25) is 0 Å². The van der Waals surface area contributed by atoms with Crippen molar-refractivity contribution in [3.05, 3.63) is 58.4 Å². The van der Waals surface area contributed by atoms with Crippen molar-refractivity contribution in [3.8, 4) is 0 Å². The molecule has 3 aliphatic heterocycles. The largest absolute Gasteiger partial charge is 0.378 e. The number of hydrogen-bond donors (Lipinski definition) is 1. The minimum absolute atomic E-state index is 0.105. The molecule has 1 aromatic rings. The molecule has 3 aliphatic rings. The molecule has 0 aromatic heterocycles. The van der Waals surface area contributed by atoms with Gasteiger partial charge in [0, 0.05) is 30.2 Å². The van der Waals surface area contributed by atoms with Crippen LogP contribution in [0.15, 0.2) is 57.8 Å². The molecule has 4 nitrogen and oxygen atoms in total. The van der Waals surface area contributed by atoms with Gasteiger partial charge >= 0.3 is 0 Å². The minimum Gasteiger partial charge on any atom is -0.378 e. The summed E-state index contributed by atoms with van der Waals surface area (Å²) in [5.74, 6) is 1.01. The summed E-state index contributed by atoms with van der Waals surface area (Å²) >= 11 is 6.42. The van der Waals surface area contributed by atoms with Gasteiger partial charge in [0.05, 0.1) is 25.0 Å². The summed E-state index contributed by atoms with van der Waals surface area (Å²) in [7, 11) is 0. The van der Waals surface area contributed by atoms with Gasteiger partial charge in [-0.3, -0.25) is 5.32 Å². The Balaban J connectivity index is 1.68. The van der Waals surface area contributed by atoms with E-state index in [1.807, 2.05) is 6.07 Å². The third kappa shape index (κ3) is 2.47. The highest BCUT2D eigenvalue weighted by atomic mass is 35.5. The summed E-state index contributed by atoms with van der Waals surface area (Å²) in [6.07, 6.45) is 2.12. The van der Waals surface area contributed by atoms with Crippen molar-refractivity contribution in [1.82, 2.24) is 10.2 Å². The summed E-state index contributed by atoms with van der Waals surface area (Å²) in [5, 5.41) is 4.32. The number of nitrogens with zero attached hydrogens (tertiary/aromatic N) is 2. The minimum atomic E-state index is 0.105. The highest BCUT2D eigenvalue weighted by Crippen LogP contribution is 2.33. The number of allylic oxidation sites excluding steroid dienone is 1. The molecule has 114 valence electrons. The molecule has 1 saturated heterocycles. The molecular weight excluding hydrogens is 298 g/mol. The monoisotopic (exact) mass is 315 g/mol. The number of morpholine rings is 1. The highest BCUT2D eigenvalue weighted by Gasteiger charge is 2.32. The van der Waals surface area contributed by atoms with Gasteiger partial charge in [0.15, 0.2) is 0 Å². The first kappa shape index (κ1) is 14.0. The molecule has 22 heavy (non-hydrogen) atoms. The molecule has 5 heteroatoms. The fourth-order valence-corrected chi connectivity index (χ4v) is 3.34. The van der Waals surface area contributed by atoms with Gasteiger partial charge in [-0.15, -0.1) is 0 Å². The lowest BCUT2D eigenvalue weighted by Crippen LogP contribution is -2.35. The van der Waals surface area contributed by atoms with E-state index in [0.29, 0.717) is 6.54 Å². The number of aliphatic imine (C=N–C) groups is 1. The van der Waals surface area contributed by atoms with Crippen LogP contribution in [0.5, 0.6) is 0 Å². The molecule has 1 aromatic carbocycles. The quantitative estimate of drug-likeness (QED) is 0.911. The van der Waals surface area contributed by atoms with Gasteiger partial charge < -0.3 is 9.64 Å². The first-order chi connectivity index (χ1) is 10.8. The topological polar surface area (TPSA) is 36.9 Å². The number of nitrogens with one attached hydrogen (secondary N) is 1. The van der Waals surface area contributed by atoms with Crippen molar-refractivity contribution in [1.29, 1.82) is 0 Å². The van der Waals surface area contributed by atoms with Crippen molar-refractivity contribution < 1.29 is 4.74 Å². The van der Waals surface area contributed by atoms with Gasteiger partial charge in [-0.05, 0) is 11.6 Å². The standard InChI is InChI=1S/C17H18ClN3O/c18-14-11-19-16(12-4-2-1-3-5-12)17-13(14)10-15(20-17)21-6-8-22-9-7-21/h1-5,10,16,19H,6-9,11H2. The van der Waals surface area contributed by atoms with Crippen LogP contribution in [0.3, 0.4) is 0 Å². The van der Waals surface area contributed by atoms with E-state index >= 15 is 0 Å². The average Bonchev–Trinajstić information content (AvgIpc) is 3.03. The first-order valence-corrected chi connectivity index (χ1v) is 8.01. The first-order valence-electron chi connectivity index (χ1n) is 7.63. The van der Waals surface area contributed by atoms with E-state index in [1.165, 1.54) is 5.56 Å². The predicted molar refractivity (Wildman–Crippen MR) is 88.0 cm³/mol. The number of ether oxygens (including phenoxy) is 1. The van der Waals surface area contributed by atoms with Gasteiger partial charge in [0.25, 0.3) is 0 Å². The van der Waals surface area contributed by atoms with Gasteiger partial charge in [-0.25, -0.2) is 4.99 Å². The Bertz CT molecular complexity index is 660. The van der Waals surface area contributed by atoms with Crippen LogP contribution in [0, 0.1) is 0 Å². The number of hydrogen-bond acceptors (Lipinski definition) is 4. The zero-order valence-corrected chi connectivity index (χ0v) is 13.0. The Kier molecular flexibility index (Phi) is 3.74. The van der Waals surface area contributed by atoms with Crippen LogP contribution < -0.4 is 5.32 Å². The van der Waals surface area contributed by atoms with Crippen molar-refractivity contribution in [3.63, 3.8) is 0 Å². The maximum atomic E-state index is 6.42. The van der Waals surface area contributed by atoms with Crippen LogP contribution in [0.25, 0.3) is 0 Å². The molecule has 0 radical (unpaired) electrons. The number of benzene rings is 1. The Hall–Kier alpha value is -1.62. The molecule has 1 N–H and O–H groups in total. The molecule has 0 saturated carbocycles. The summed E-state index contributed by atoms with van der Waals surface area (Å²) < 4.78 is 5.42. The molecular formula is C17H18ClN3O. The molecule has 4 rings (SSSR count).